The third-order valence-corrected chi connectivity index (χ3v) is 3.41. The number of aromatic nitrogens is 2. The Morgan fingerprint density at radius 1 is 1.26 bits per heavy atom. The molecule has 0 aliphatic heterocycles. The Kier molecular flexibility index (Phi) is 5.47. The molecule has 1 rings (SSSR count). The average molecular weight is 283 g/mol. The molecule has 19 heavy (non-hydrogen) atoms. The number of anilines is 1. The summed E-state index contributed by atoms with van der Waals surface area (Å²) in [6, 6.07) is 1.77. The van der Waals surface area contributed by atoms with E-state index in [0.29, 0.717) is 11.5 Å². The SMILES string of the molecule is C=Cc1cc(N(CCC)CCC)nc(S(C)(=O)=O)n1. The van der Waals surface area contributed by atoms with Gasteiger partial charge in [0, 0.05) is 25.4 Å². The van der Waals surface area contributed by atoms with Crippen molar-refractivity contribution in [1.82, 2.24) is 9.97 Å². The Labute approximate surface area is 115 Å². The lowest BCUT2D eigenvalue weighted by molar-refractivity contribution is 0.592. The summed E-state index contributed by atoms with van der Waals surface area (Å²) >= 11 is 0. The molecule has 0 amide bonds. The lowest BCUT2D eigenvalue weighted by Gasteiger charge is -2.23. The Balaban J connectivity index is 3.28. The van der Waals surface area contributed by atoms with Gasteiger partial charge in [0.25, 0.3) is 0 Å². The second-order valence-corrected chi connectivity index (χ2v) is 6.31. The lowest BCUT2D eigenvalue weighted by Crippen LogP contribution is -2.26. The Morgan fingerprint density at radius 3 is 2.26 bits per heavy atom. The van der Waals surface area contributed by atoms with Gasteiger partial charge in [-0.05, 0) is 18.9 Å². The minimum Gasteiger partial charge on any atom is -0.356 e. The van der Waals surface area contributed by atoms with Crippen LogP contribution in [0.4, 0.5) is 5.82 Å². The third kappa shape index (κ3) is 4.31. The van der Waals surface area contributed by atoms with Gasteiger partial charge < -0.3 is 4.90 Å². The van der Waals surface area contributed by atoms with Gasteiger partial charge in [-0.25, -0.2) is 18.4 Å². The summed E-state index contributed by atoms with van der Waals surface area (Å²) in [5.74, 6) is 0.647. The molecule has 0 radical (unpaired) electrons. The second kappa shape index (κ2) is 6.65. The van der Waals surface area contributed by atoms with Gasteiger partial charge in [0.1, 0.15) is 5.82 Å². The fourth-order valence-corrected chi connectivity index (χ4v) is 2.27. The molecule has 1 aromatic heterocycles. The molecule has 0 fully saturated rings. The molecule has 0 bridgehead atoms. The van der Waals surface area contributed by atoms with E-state index in [-0.39, 0.29) is 5.16 Å². The molecule has 0 atom stereocenters. The van der Waals surface area contributed by atoms with Crippen LogP contribution < -0.4 is 4.90 Å². The van der Waals surface area contributed by atoms with E-state index in [2.05, 4.69) is 35.3 Å². The molecule has 6 heteroatoms. The van der Waals surface area contributed by atoms with Crippen LogP contribution >= 0.6 is 0 Å². The zero-order chi connectivity index (χ0) is 14.5. The van der Waals surface area contributed by atoms with Gasteiger partial charge in [-0.3, -0.25) is 0 Å². The van der Waals surface area contributed by atoms with Crippen LogP contribution in [0.25, 0.3) is 6.08 Å². The van der Waals surface area contributed by atoms with Crippen LogP contribution in [0, 0.1) is 0 Å². The molecule has 0 spiro atoms. The van der Waals surface area contributed by atoms with E-state index >= 15 is 0 Å². The monoisotopic (exact) mass is 283 g/mol. The number of hydrogen-bond acceptors (Lipinski definition) is 5. The molecule has 0 saturated carbocycles. The molecule has 1 heterocycles. The predicted octanol–water partition coefficient (Wildman–Crippen LogP) is 2.15. The van der Waals surface area contributed by atoms with Crippen LogP contribution in [0.15, 0.2) is 17.8 Å². The zero-order valence-corrected chi connectivity index (χ0v) is 12.6. The fraction of sp³-hybridized carbons (Fsp3) is 0.538. The van der Waals surface area contributed by atoms with Gasteiger partial charge in [0.2, 0.25) is 15.0 Å². The third-order valence-electron chi connectivity index (χ3n) is 2.56. The van der Waals surface area contributed by atoms with Crippen molar-refractivity contribution in [2.75, 3.05) is 24.2 Å². The molecule has 0 aliphatic carbocycles. The molecule has 0 saturated heterocycles. The number of hydrogen-bond donors (Lipinski definition) is 0. The maximum atomic E-state index is 11.6. The maximum Gasteiger partial charge on any atom is 0.249 e. The van der Waals surface area contributed by atoms with E-state index in [1.54, 1.807) is 6.07 Å². The van der Waals surface area contributed by atoms with Crippen molar-refractivity contribution >= 4 is 21.7 Å². The number of rotatable bonds is 7. The smallest absolute Gasteiger partial charge is 0.249 e. The van der Waals surface area contributed by atoms with Crippen LogP contribution in [-0.4, -0.2) is 37.7 Å². The normalized spacial score (nSPS) is 11.3. The summed E-state index contributed by atoms with van der Waals surface area (Å²) < 4.78 is 23.2. The highest BCUT2D eigenvalue weighted by atomic mass is 32.2. The summed E-state index contributed by atoms with van der Waals surface area (Å²) in [6.07, 6.45) is 4.60. The number of nitrogens with zero attached hydrogens (tertiary/aromatic N) is 3. The quantitative estimate of drug-likeness (QED) is 0.717. The Morgan fingerprint density at radius 2 is 1.84 bits per heavy atom. The summed E-state index contributed by atoms with van der Waals surface area (Å²) in [5, 5.41) is -0.142. The van der Waals surface area contributed by atoms with Crippen molar-refractivity contribution in [3.63, 3.8) is 0 Å². The molecule has 0 aliphatic rings. The highest BCUT2D eigenvalue weighted by Gasteiger charge is 2.16. The molecule has 5 nitrogen and oxygen atoms in total. The first-order chi connectivity index (χ1) is 8.92. The van der Waals surface area contributed by atoms with E-state index in [9.17, 15) is 8.42 Å². The van der Waals surface area contributed by atoms with Crippen LogP contribution in [0.5, 0.6) is 0 Å². The van der Waals surface area contributed by atoms with E-state index in [0.717, 1.165) is 32.2 Å². The molecule has 106 valence electrons. The minimum absolute atomic E-state index is 0.142. The van der Waals surface area contributed by atoms with E-state index < -0.39 is 9.84 Å². The highest BCUT2D eigenvalue weighted by Crippen LogP contribution is 2.17. The van der Waals surface area contributed by atoms with Crippen LogP contribution in [-0.2, 0) is 9.84 Å². The first kappa shape index (κ1) is 15.6. The zero-order valence-electron chi connectivity index (χ0n) is 11.8. The first-order valence-corrected chi connectivity index (χ1v) is 8.28. The van der Waals surface area contributed by atoms with Crippen molar-refractivity contribution in [2.24, 2.45) is 0 Å². The second-order valence-electron chi connectivity index (χ2n) is 4.40. The van der Waals surface area contributed by atoms with E-state index in [1.807, 2.05) is 0 Å². The van der Waals surface area contributed by atoms with Crippen molar-refractivity contribution < 1.29 is 8.42 Å². The first-order valence-electron chi connectivity index (χ1n) is 6.38. The van der Waals surface area contributed by atoms with Gasteiger partial charge >= 0.3 is 0 Å². The number of sulfone groups is 1. The Hall–Kier alpha value is -1.43. The summed E-state index contributed by atoms with van der Waals surface area (Å²) in [7, 11) is -3.42. The van der Waals surface area contributed by atoms with Crippen LogP contribution in [0.1, 0.15) is 32.4 Å². The molecule has 1 aromatic rings. The van der Waals surface area contributed by atoms with Gasteiger partial charge in [-0.2, -0.15) is 0 Å². The highest BCUT2D eigenvalue weighted by molar-refractivity contribution is 7.90. The molecule has 0 aromatic carbocycles. The van der Waals surface area contributed by atoms with Crippen molar-refractivity contribution in [3.05, 3.63) is 18.3 Å². The van der Waals surface area contributed by atoms with Gasteiger partial charge in [0.05, 0.1) is 5.69 Å². The molecular weight excluding hydrogens is 262 g/mol. The topological polar surface area (TPSA) is 63.2 Å². The van der Waals surface area contributed by atoms with Gasteiger partial charge in [0.15, 0.2) is 0 Å². The minimum atomic E-state index is -3.42. The van der Waals surface area contributed by atoms with Crippen LogP contribution in [0.3, 0.4) is 0 Å². The largest absolute Gasteiger partial charge is 0.356 e. The fourth-order valence-electron chi connectivity index (χ4n) is 1.74. The van der Waals surface area contributed by atoms with Crippen LogP contribution in [0.2, 0.25) is 0 Å². The van der Waals surface area contributed by atoms with Crippen molar-refractivity contribution in [1.29, 1.82) is 0 Å². The molecule has 0 unspecified atom stereocenters. The van der Waals surface area contributed by atoms with Gasteiger partial charge in [-0.15, -0.1) is 0 Å². The molecule has 0 N–H and O–H groups in total. The molecular formula is C13H21N3O2S. The summed E-state index contributed by atoms with van der Waals surface area (Å²) in [6.45, 7) is 9.48. The summed E-state index contributed by atoms with van der Waals surface area (Å²) in [5.41, 5.74) is 0.530. The summed E-state index contributed by atoms with van der Waals surface area (Å²) in [4.78, 5) is 10.2. The van der Waals surface area contributed by atoms with Gasteiger partial charge in [-0.1, -0.05) is 20.4 Å². The maximum absolute atomic E-state index is 11.6. The van der Waals surface area contributed by atoms with Crippen molar-refractivity contribution in [3.8, 4) is 0 Å². The van der Waals surface area contributed by atoms with Crippen molar-refractivity contribution in [2.45, 2.75) is 31.8 Å². The van der Waals surface area contributed by atoms with E-state index in [4.69, 9.17) is 0 Å². The van der Waals surface area contributed by atoms with E-state index in [1.165, 1.54) is 6.08 Å². The standard InChI is InChI=1S/C13H21N3O2S/c1-5-8-16(9-6-2)12-10-11(7-3)14-13(15-12)19(4,17)18/h7,10H,3,5-6,8-9H2,1-2,4H3. The Bertz CT molecular complexity index is 535. The predicted molar refractivity (Wildman–Crippen MR) is 78.0 cm³/mol. The average Bonchev–Trinajstić information content (AvgIpc) is 2.37. The lowest BCUT2D eigenvalue weighted by atomic mass is 10.3.